The Bertz CT molecular complexity index is 325. The molecule has 1 aliphatic heterocycles. The van der Waals surface area contributed by atoms with Gasteiger partial charge in [-0.1, -0.05) is 19.4 Å². The molecule has 1 aromatic heterocycles. The van der Waals surface area contributed by atoms with Crippen molar-refractivity contribution in [3.8, 4) is 0 Å². The smallest absolute Gasteiger partial charge is 0.0300 e. The van der Waals surface area contributed by atoms with Crippen LogP contribution in [0.15, 0.2) is 24.5 Å². The van der Waals surface area contributed by atoms with Crippen LogP contribution in [0.1, 0.15) is 25.3 Å². The summed E-state index contributed by atoms with van der Waals surface area (Å²) < 4.78 is 0. The van der Waals surface area contributed by atoms with E-state index in [0.717, 1.165) is 32.5 Å². The first-order chi connectivity index (χ1) is 8.29. The highest BCUT2D eigenvalue weighted by molar-refractivity contribution is 5.08. The van der Waals surface area contributed by atoms with E-state index < -0.39 is 0 Å². The van der Waals surface area contributed by atoms with Crippen LogP contribution < -0.4 is 5.73 Å². The zero-order valence-corrected chi connectivity index (χ0v) is 10.7. The molecule has 94 valence electrons. The topological polar surface area (TPSA) is 42.2 Å². The van der Waals surface area contributed by atoms with Gasteiger partial charge in [-0.2, -0.15) is 0 Å². The molecule has 0 aliphatic carbocycles. The number of aromatic nitrogens is 1. The first-order valence-corrected chi connectivity index (χ1v) is 6.66. The first kappa shape index (κ1) is 12.5. The molecule has 1 aliphatic rings. The fraction of sp³-hybridized carbons (Fsp3) is 0.643. The van der Waals surface area contributed by atoms with Crippen molar-refractivity contribution in [2.24, 2.45) is 11.7 Å². The normalized spacial score (nSPS) is 26.0. The molecule has 0 radical (unpaired) electrons. The van der Waals surface area contributed by atoms with E-state index in [4.69, 9.17) is 5.73 Å². The van der Waals surface area contributed by atoms with Crippen molar-refractivity contribution in [1.82, 2.24) is 9.88 Å². The van der Waals surface area contributed by atoms with Gasteiger partial charge in [0.05, 0.1) is 0 Å². The van der Waals surface area contributed by atoms with Gasteiger partial charge in [-0.3, -0.25) is 4.98 Å². The van der Waals surface area contributed by atoms with E-state index in [1.54, 1.807) is 0 Å². The minimum absolute atomic E-state index is 0.412. The van der Waals surface area contributed by atoms with Gasteiger partial charge in [0, 0.05) is 31.5 Å². The Morgan fingerprint density at radius 2 is 2.41 bits per heavy atom. The maximum Gasteiger partial charge on any atom is 0.0300 e. The van der Waals surface area contributed by atoms with Gasteiger partial charge in [-0.15, -0.1) is 0 Å². The highest BCUT2D eigenvalue weighted by Crippen LogP contribution is 2.18. The minimum atomic E-state index is 0.412. The molecule has 0 bridgehead atoms. The number of nitrogens with zero attached hydrogens (tertiary/aromatic N) is 2. The van der Waals surface area contributed by atoms with Crippen LogP contribution in [0.4, 0.5) is 0 Å². The van der Waals surface area contributed by atoms with E-state index in [1.807, 2.05) is 18.5 Å². The summed E-state index contributed by atoms with van der Waals surface area (Å²) >= 11 is 0. The molecule has 2 rings (SSSR count). The van der Waals surface area contributed by atoms with E-state index >= 15 is 0 Å². The van der Waals surface area contributed by atoms with Crippen LogP contribution in [0.25, 0.3) is 0 Å². The number of rotatable bonds is 4. The number of likely N-dealkylation sites (tertiary alicyclic amines) is 1. The van der Waals surface area contributed by atoms with Gasteiger partial charge >= 0.3 is 0 Å². The monoisotopic (exact) mass is 233 g/mol. The van der Waals surface area contributed by atoms with Crippen molar-refractivity contribution in [3.63, 3.8) is 0 Å². The van der Waals surface area contributed by atoms with Crippen LogP contribution in [-0.4, -0.2) is 35.6 Å². The maximum atomic E-state index is 6.12. The van der Waals surface area contributed by atoms with Gasteiger partial charge in [0.15, 0.2) is 0 Å². The third-order valence-electron chi connectivity index (χ3n) is 3.84. The standard InChI is InChI=1S/C14H23N3/c1-2-13-11-17(9-6-14(13)15)8-5-12-4-3-7-16-10-12/h3-4,7,10,13-14H,2,5-6,8-9,11,15H2,1H3. The Morgan fingerprint density at radius 1 is 1.53 bits per heavy atom. The van der Waals surface area contributed by atoms with Crippen LogP contribution in [-0.2, 0) is 6.42 Å². The van der Waals surface area contributed by atoms with Crippen LogP contribution >= 0.6 is 0 Å². The zero-order valence-electron chi connectivity index (χ0n) is 10.7. The summed E-state index contributed by atoms with van der Waals surface area (Å²) in [5, 5.41) is 0. The summed E-state index contributed by atoms with van der Waals surface area (Å²) in [6.45, 7) is 5.69. The lowest BCUT2D eigenvalue weighted by Gasteiger charge is -2.36. The molecule has 2 atom stereocenters. The zero-order chi connectivity index (χ0) is 12.1. The van der Waals surface area contributed by atoms with Gasteiger partial charge in [0.2, 0.25) is 0 Å². The fourth-order valence-electron chi connectivity index (χ4n) is 2.59. The molecular formula is C14H23N3. The van der Waals surface area contributed by atoms with Gasteiger partial charge in [-0.25, -0.2) is 0 Å². The molecule has 2 heterocycles. The average Bonchev–Trinajstić information content (AvgIpc) is 2.39. The van der Waals surface area contributed by atoms with E-state index in [1.165, 1.54) is 12.0 Å². The SMILES string of the molecule is CCC1CN(CCc2cccnc2)CCC1N. The molecule has 0 amide bonds. The van der Waals surface area contributed by atoms with Crippen molar-refractivity contribution in [2.45, 2.75) is 32.2 Å². The summed E-state index contributed by atoms with van der Waals surface area (Å²) in [4.78, 5) is 6.70. The predicted molar refractivity (Wildman–Crippen MR) is 70.8 cm³/mol. The van der Waals surface area contributed by atoms with Gasteiger partial charge in [0.25, 0.3) is 0 Å². The third-order valence-corrected chi connectivity index (χ3v) is 3.84. The Hall–Kier alpha value is -0.930. The van der Waals surface area contributed by atoms with E-state index in [-0.39, 0.29) is 0 Å². The molecule has 0 saturated carbocycles. The molecule has 1 fully saturated rings. The van der Waals surface area contributed by atoms with Crippen LogP contribution in [0.5, 0.6) is 0 Å². The van der Waals surface area contributed by atoms with E-state index in [2.05, 4.69) is 22.9 Å². The van der Waals surface area contributed by atoms with Crippen molar-refractivity contribution < 1.29 is 0 Å². The second-order valence-electron chi connectivity index (χ2n) is 5.03. The Balaban J connectivity index is 1.80. The minimum Gasteiger partial charge on any atom is -0.327 e. The molecule has 2 unspecified atom stereocenters. The van der Waals surface area contributed by atoms with Crippen LogP contribution in [0.2, 0.25) is 0 Å². The number of hydrogen-bond acceptors (Lipinski definition) is 3. The first-order valence-electron chi connectivity index (χ1n) is 6.66. The van der Waals surface area contributed by atoms with E-state index in [0.29, 0.717) is 12.0 Å². The lowest BCUT2D eigenvalue weighted by Crippen LogP contribution is -2.47. The molecule has 1 aromatic rings. The number of pyridine rings is 1. The molecule has 1 saturated heterocycles. The van der Waals surface area contributed by atoms with Gasteiger partial charge in [-0.05, 0) is 36.9 Å². The molecule has 3 heteroatoms. The Morgan fingerprint density at radius 3 is 3.12 bits per heavy atom. The predicted octanol–water partition coefficient (Wildman–Crippen LogP) is 1.68. The average molecular weight is 233 g/mol. The summed E-state index contributed by atoms with van der Waals surface area (Å²) in [5.41, 5.74) is 7.45. The molecule has 0 spiro atoms. The molecule has 0 aromatic carbocycles. The summed E-state index contributed by atoms with van der Waals surface area (Å²) in [7, 11) is 0. The number of nitrogens with two attached hydrogens (primary N) is 1. The molecule has 17 heavy (non-hydrogen) atoms. The summed E-state index contributed by atoms with van der Waals surface area (Å²) in [6.07, 6.45) is 7.24. The number of piperidine rings is 1. The van der Waals surface area contributed by atoms with Crippen LogP contribution in [0, 0.1) is 5.92 Å². The Labute approximate surface area is 104 Å². The van der Waals surface area contributed by atoms with E-state index in [9.17, 15) is 0 Å². The van der Waals surface area contributed by atoms with Gasteiger partial charge in [0.1, 0.15) is 0 Å². The third kappa shape index (κ3) is 3.51. The molecule has 2 N–H and O–H groups in total. The largest absolute Gasteiger partial charge is 0.327 e. The lowest BCUT2D eigenvalue weighted by atomic mass is 9.90. The number of hydrogen-bond donors (Lipinski definition) is 1. The maximum absolute atomic E-state index is 6.12. The van der Waals surface area contributed by atoms with Crippen molar-refractivity contribution in [3.05, 3.63) is 30.1 Å². The van der Waals surface area contributed by atoms with Crippen molar-refractivity contribution in [1.29, 1.82) is 0 Å². The Kier molecular flexibility index (Phi) is 4.51. The highest BCUT2D eigenvalue weighted by atomic mass is 15.1. The molecular weight excluding hydrogens is 210 g/mol. The van der Waals surface area contributed by atoms with Crippen LogP contribution in [0.3, 0.4) is 0 Å². The van der Waals surface area contributed by atoms with Crippen molar-refractivity contribution in [2.75, 3.05) is 19.6 Å². The quantitative estimate of drug-likeness (QED) is 0.860. The second kappa shape index (κ2) is 6.12. The highest BCUT2D eigenvalue weighted by Gasteiger charge is 2.24. The van der Waals surface area contributed by atoms with Gasteiger partial charge < -0.3 is 10.6 Å². The second-order valence-corrected chi connectivity index (χ2v) is 5.03. The molecule has 3 nitrogen and oxygen atoms in total. The fourth-order valence-corrected chi connectivity index (χ4v) is 2.59. The van der Waals surface area contributed by atoms with Crippen molar-refractivity contribution >= 4 is 0 Å². The summed E-state index contributed by atoms with van der Waals surface area (Å²) in [5.74, 6) is 0.678. The summed E-state index contributed by atoms with van der Waals surface area (Å²) in [6, 6.07) is 4.57. The lowest BCUT2D eigenvalue weighted by molar-refractivity contribution is 0.153.